The molecule has 3 aromatic rings. The fraction of sp³-hybridized carbons (Fsp3) is 0.0588. The second kappa shape index (κ2) is 6.84. The highest BCUT2D eigenvalue weighted by Crippen LogP contribution is 2.28. The number of hydrogen-bond acceptors (Lipinski definition) is 2. The molecule has 1 aromatic heterocycles. The zero-order valence-corrected chi connectivity index (χ0v) is 14.3. The Morgan fingerprint density at radius 3 is 2.50 bits per heavy atom. The summed E-state index contributed by atoms with van der Waals surface area (Å²) in [4.78, 5) is 12.0. The first-order valence-corrected chi connectivity index (χ1v) is 7.94. The summed E-state index contributed by atoms with van der Waals surface area (Å²) in [6, 6.07) is 12.5. The Morgan fingerprint density at radius 1 is 1.12 bits per heavy atom. The lowest BCUT2D eigenvalue weighted by Crippen LogP contribution is -2.19. The van der Waals surface area contributed by atoms with Crippen molar-refractivity contribution < 1.29 is 9.18 Å². The third-order valence-corrected chi connectivity index (χ3v) is 3.86. The molecule has 3 rings (SSSR count). The van der Waals surface area contributed by atoms with Crippen molar-refractivity contribution >= 4 is 33.3 Å². The predicted octanol–water partition coefficient (Wildman–Crippen LogP) is 4.63. The molecule has 2 aromatic carbocycles. The van der Waals surface area contributed by atoms with Crippen LogP contribution in [0.2, 0.25) is 0 Å². The molecule has 0 aliphatic carbocycles. The van der Waals surface area contributed by atoms with Crippen LogP contribution in [0.4, 0.5) is 20.6 Å². The molecule has 122 valence electrons. The van der Waals surface area contributed by atoms with Crippen LogP contribution in [0.5, 0.6) is 0 Å². The van der Waals surface area contributed by atoms with Gasteiger partial charge >= 0.3 is 6.03 Å². The van der Waals surface area contributed by atoms with E-state index in [0.29, 0.717) is 11.4 Å². The van der Waals surface area contributed by atoms with Crippen LogP contribution in [-0.2, 0) is 7.05 Å². The Morgan fingerprint density at radius 2 is 1.83 bits per heavy atom. The number of nitrogens with one attached hydrogen (secondary N) is 2. The highest BCUT2D eigenvalue weighted by atomic mass is 79.9. The highest BCUT2D eigenvalue weighted by molar-refractivity contribution is 9.10. The Labute approximate surface area is 146 Å². The van der Waals surface area contributed by atoms with Crippen LogP contribution in [0.3, 0.4) is 0 Å². The molecule has 0 atom stereocenters. The van der Waals surface area contributed by atoms with E-state index in [2.05, 4.69) is 31.7 Å². The molecule has 1 heterocycles. The maximum Gasteiger partial charge on any atom is 0.323 e. The van der Waals surface area contributed by atoms with Gasteiger partial charge < -0.3 is 10.6 Å². The first kappa shape index (κ1) is 16.2. The smallest absolute Gasteiger partial charge is 0.308 e. The summed E-state index contributed by atoms with van der Waals surface area (Å²) in [6.07, 6.45) is 1.86. The molecule has 7 heteroatoms. The van der Waals surface area contributed by atoms with Gasteiger partial charge in [-0.25, -0.2) is 9.18 Å². The van der Waals surface area contributed by atoms with Crippen molar-refractivity contribution in [1.82, 2.24) is 9.78 Å². The largest absolute Gasteiger partial charge is 0.323 e. The lowest BCUT2D eigenvalue weighted by molar-refractivity contribution is 0.262. The maximum absolute atomic E-state index is 12.9. The van der Waals surface area contributed by atoms with Gasteiger partial charge in [0.05, 0.1) is 4.47 Å². The normalized spacial score (nSPS) is 10.5. The van der Waals surface area contributed by atoms with E-state index in [0.717, 1.165) is 15.7 Å². The number of hydrogen-bond donors (Lipinski definition) is 2. The first-order valence-electron chi connectivity index (χ1n) is 7.14. The van der Waals surface area contributed by atoms with Crippen molar-refractivity contribution in [2.75, 3.05) is 10.6 Å². The van der Waals surface area contributed by atoms with Gasteiger partial charge in [-0.3, -0.25) is 4.68 Å². The zero-order chi connectivity index (χ0) is 17.1. The number of carbonyl (C=O) groups is 1. The van der Waals surface area contributed by atoms with Gasteiger partial charge in [0.15, 0.2) is 0 Å². The molecule has 0 aliphatic rings. The second-order valence-corrected chi connectivity index (χ2v) is 6.02. The fourth-order valence-corrected chi connectivity index (χ4v) is 2.83. The van der Waals surface area contributed by atoms with Crippen molar-refractivity contribution in [1.29, 1.82) is 0 Å². The van der Waals surface area contributed by atoms with E-state index in [-0.39, 0.29) is 5.82 Å². The van der Waals surface area contributed by atoms with Crippen molar-refractivity contribution in [3.8, 4) is 11.3 Å². The summed E-state index contributed by atoms with van der Waals surface area (Å²) >= 11 is 3.47. The summed E-state index contributed by atoms with van der Waals surface area (Å²) in [5.41, 5.74) is 2.81. The van der Waals surface area contributed by atoms with Crippen molar-refractivity contribution in [3.63, 3.8) is 0 Å². The number of halogens is 2. The molecule has 2 amide bonds. The SMILES string of the molecule is Cn1cc(Br)c(-c2cccc(NC(=O)Nc3ccc(F)cc3)c2)n1. The summed E-state index contributed by atoms with van der Waals surface area (Å²) in [6.45, 7) is 0. The van der Waals surface area contributed by atoms with Crippen molar-refractivity contribution in [2.24, 2.45) is 7.05 Å². The number of nitrogens with zero attached hydrogens (tertiary/aromatic N) is 2. The topological polar surface area (TPSA) is 59.0 Å². The highest BCUT2D eigenvalue weighted by Gasteiger charge is 2.09. The van der Waals surface area contributed by atoms with Crippen LogP contribution in [0.25, 0.3) is 11.3 Å². The third-order valence-electron chi connectivity index (χ3n) is 3.28. The molecule has 0 bridgehead atoms. The minimum Gasteiger partial charge on any atom is -0.308 e. The Kier molecular flexibility index (Phi) is 4.61. The minimum atomic E-state index is -0.404. The van der Waals surface area contributed by atoms with Crippen molar-refractivity contribution in [2.45, 2.75) is 0 Å². The number of urea groups is 1. The van der Waals surface area contributed by atoms with E-state index in [9.17, 15) is 9.18 Å². The number of carbonyl (C=O) groups excluding carboxylic acids is 1. The van der Waals surface area contributed by atoms with E-state index in [1.165, 1.54) is 24.3 Å². The summed E-state index contributed by atoms with van der Waals surface area (Å²) in [7, 11) is 1.84. The average molecular weight is 389 g/mol. The number of aromatic nitrogens is 2. The summed E-state index contributed by atoms with van der Waals surface area (Å²) < 4.78 is 15.5. The van der Waals surface area contributed by atoms with Crippen LogP contribution in [0, 0.1) is 5.82 Å². The first-order chi connectivity index (χ1) is 11.5. The number of rotatable bonds is 3. The maximum atomic E-state index is 12.9. The van der Waals surface area contributed by atoms with Gasteiger partial charge in [0.25, 0.3) is 0 Å². The Hall–Kier alpha value is -2.67. The van der Waals surface area contributed by atoms with Crippen LogP contribution in [0.15, 0.2) is 59.2 Å². The van der Waals surface area contributed by atoms with E-state index in [4.69, 9.17) is 0 Å². The van der Waals surface area contributed by atoms with Crippen LogP contribution >= 0.6 is 15.9 Å². The van der Waals surface area contributed by atoms with Gasteiger partial charge in [0, 0.05) is 30.2 Å². The van der Waals surface area contributed by atoms with E-state index in [1.54, 1.807) is 10.7 Å². The molecule has 0 spiro atoms. The van der Waals surface area contributed by atoms with Crippen molar-refractivity contribution in [3.05, 3.63) is 65.0 Å². The minimum absolute atomic E-state index is 0.352. The number of benzene rings is 2. The van der Waals surface area contributed by atoms with E-state index >= 15 is 0 Å². The lowest BCUT2D eigenvalue weighted by atomic mass is 10.1. The summed E-state index contributed by atoms with van der Waals surface area (Å²) in [5, 5.41) is 9.78. The van der Waals surface area contributed by atoms with Gasteiger partial charge in [0.2, 0.25) is 0 Å². The molecule has 2 N–H and O–H groups in total. The second-order valence-electron chi connectivity index (χ2n) is 5.17. The molecule has 5 nitrogen and oxygen atoms in total. The van der Waals surface area contributed by atoms with Gasteiger partial charge in [-0.15, -0.1) is 0 Å². The standard InChI is InChI=1S/C17H14BrFN4O/c1-23-10-15(18)16(22-23)11-3-2-4-14(9-11)21-17(24)20-13-7-5-12(19)6-8-13/h2-10H,1H3,(H2,20,21,24). The predicted molar refractivity (Wildman–Crippen MR) is 95.4 cm³/mol. The van der Waals surface area contributed by atoms with Crippen LogP contribution in [0.1, 0.15) is 0 Å². The van der Waals surface area contributed by atoms with Crippen LogP contribution < -0.4 is 10.6 Å². The zero-order valence-electron chi connectivity index (χ0n) is 12.8. The van der Waals surface area contributed by atoms with Gasteiger partial charge in [-0.05, 0) is 52.3 Å². The van der Waals surface area contributed by atoms with Gasteiger partial charge in [0.1, 0.15) is 11.5 Å². The molecule has 0 unspecified atom stereocenters. The molecular weight excluding hydrogens is 375 g/mol. The molecular formula is C17H14BrFN4O. The van der Waals surface area contributed by atoms with E-state index < -0.39 is 6.03 Å². The number of anilines is 2. The molecule has 0 aliphatic heterocycles. The Balaban J connectivity index is 1.73. The molecule has 24 heavy (non-hydrogen) atoms. The molecule has 0 radical (unpaired) electrons. The van der Waals surface area contributed by atoms with Crippen LogP contribution in [-0.4, -0.2) is 15.8 Å². The van der Waals surface area contributed by atoms with Gasteiger partial charge in [-0.2, -0.15) is 5.10 Å². The molecule has 0 saturated heterocycles. The molecule has 0 saturated carbocycles. The average Bonchev–Trinajstić information content (AvgIpc) is 2.88. The monoisotopic (exact) mass is 388 g/mol. The lowest BCUT2D eigenvalue weighted by Gasteiger charge is -2.08. The number of aryl methyl sites for hydroxylation is 1. The molecule has 0 fully saturated rings. The summed E-state index contributed by atoms with van der Waals surface area (Å²) in [5.74, 6) is -0.352. The Bertz CT molecular complexity index is 877. The fourth-order valence-electron chi connectivity index (χ4n) is 2.23. The third kappa shape index (κ3) is 3.80. The van der Waals surface area contributed by atoms with E-state index in [1.807, 2.05) is 31.4 Å². The number of amides is 2. The quantitative estimate of drug-likeness (QED) is 0.686. The van der Waals surface area contributed by atoms with Gasteiger partial charge in [-0.1, -0.05) is 12.1 Å².